The van der Waals surface area contributed by atoms with E-state index in [0.717, 1.165) is 5.56 Å². The van der Waals surface area contributed by atoms with Gasteiger partial charge in [0.2, 0.25) is 5.91 Å². The third-order valence-electron chi connectivity index (χ3n) is 5.75. The second kappa shape index (κ2) is 11.6. The number of amides is 2. The van der Waals surface area contributed by atoms with Crippen LogP contribution in [0.5, 0.6) is 0 Å². The molecule has 0 saturated carbocycles. The molecule has 0 fully saturated rings. The Labute approximate surface area is 198 Å². The molecule has 7 nitrogen and oxygen atoms in total. The summed E-state index contributed by atoms with van der Waals surface area (Å²) in [6, 6.07) is 13.0. The summed E-state index contributed by atoms with van der Waals surface area (Å²) >= 11 is 0. The highest BCUT2D eigenvalue weighted by Crippen LogP contribution is 2.38. The van der Waals surface area contributed by atoms with Crippen molar-refractivity contribution >= 4 is 17.8 Å². The van der Waals surface area contributed by atoms with Gasteiger partial charge in [-0.25, -0.2) is 9.18 Å². The molecule has 1 heterocycles. The Kier molecular flexibility index (Phi) is 8.54. The Morgan fingerprint density at radius 1 is 1.15 bits per heavy atom. The maximum atomic E-state index is 14.6. The third-order valence-corrected chi connectivity index (χ3v) is 5.75. The molecule has 1 aliphatic heterocycles. The number of methoxy groups -OCH3 is 1. The molecule has 0 spiro atoms. The highest BCUT2D eigenvalue weighted by Gasteiger charge is 2.37. The van der Waals surface area contributed by atoms with E-state index in [0.29, 0.717) is 30.0 Å². The van der Waals surface area contributed by atoms with Crippen molar-refractivity contribution in [2.45, 2.75) is 32.7 Å². The molecule has 0 saturated heterocycles. The first-order valence-electron chi connectivity index (χ1n) is 11.2. The number of esters is 1. The van der Waals surface area contributed by atoms with E-state index >= 15 is 0 Å². The molecule has 2 aromatic carbocycles. The predicted octanol–water partition coefficient (Wildman–Crippen LogP) is 3.56. The lowest BCUT2D eigenvalue weighted by Crippen LogP contribution is -2.38. The lowest BCUT2D eigenvalue weighted by atomic mass is 9.83. The van der Waals surface area contributed by atoms with Crippen LogP contribution in [0, 0.1) is 5.82 Å². The SMILES string of the molecule is CCOC(=O)C1=C(C)N(Cc2ccc(C(=O)NCCOC)cc2)C(=O)CC1c1ccccc1F. The molecule has 180 valence electrons. The minimum absolute atomic E-state index is 0.0492. The van der Waals surface area contributed by atoms with Crippen molar-refractivity contribution in [2.75, 3.05) is 26.9 Å². The van der Waals surface area contributed by atoms with Gasteiger partial charge < -0.3 is 19.7 Å². The number of hydrogen-bond donors (Lipinski definition) is 1. The topological polar surface area (TPSA) is 84.9 Å². The summed E-state index contributed by atoms with van der Waals surface area (Å²) < 4.78 is 24.7. The number of benzene rings is 2. The van der Waals surface area contributed by atoms with Gasteiger partial charge in [-0.2, -0.15) is 0 Å². The summed E-state index contributed by atoms with van der Waals surface area (Å²) in [4.78, 5) is 39.6. The molecule has 1 N–H and O–H groups in total. The largest absolute Gasteiger partial charge is 0.463 e. The van der Waals surface area contributed by atoms with Gasteiger partial charge in [-0.05, 0) is 43.2 Å². The van der Waals surface area contributed by atoms with E-state index in [-0.39, 0.29) is 37.0 Å². The summed E-state index contributed by atoms with van der Waals surface area (Å²) in [5.74, 6) is -2.19. The zero-order valence-corrected chi connectivity index (χ0v) is 19.6. The number of rotatable bonds is 9. The van der Waals surface area contributed by atoms with Crippen LogP contribution in [0.4, 0.5) is 4.39 Å². The quantitative estimate of drug-likeness (QED) is 0.449. The fraction of sp³-hybridized carbons (Fsp3) is 0.346. The van der Waals surface area contributed by atoms with E-state index in [1.807, 2.05) is 0 Å². The zero-order chi connectivity index (χ0) is 24.7. The van der Waals surface area contributed by atoms with Crippen LogP contribution in [-0.2, 0) is 25.6 Å². The van der Waals surface area contributed by atoms with Crippen LogP contribution in [0.2, 0.25) is 0 Å². The first-order chi connectivity index (χ1) is 16.4. The van der Waals surface area contributed by atoms with E-state index in [4.69, 9.17) is 9.47 Å². The molecule has 2 amide bonds. The zero-order valence-electron chi connectivity index (χ0n) is 19.6. The van der Waals surface area contributed by atoms with Gasteiger partial charge >= 0.3 is 5.97 Å². The van der Waals surface area contributed by atoms with Gasteiger partial charge in [-0.1, -0.05) is 30.3 Å². The monoisotopic (exact) mass is 468 g/mol. The Hall–Kier alpha value is -3.52. The van der Waals surface area contributed by atoms with Crippen molar-refractivity contribution in [3.05, 3.63) is 82.3 Å². The third kappa shape index (κ3) is 5.69. The van der Waals surface area contributed by atoms with Crippen molar-refractivity contribution in [3.63, 3.8) is 0 Å². The summed E-state index contributed by atoms with van der Waals surface area (Å²) in [5, 5.41) is 2.75. The van der Waals surface area contributed by atoms with Crippen molar-refractivity contribution in [1.82, 2.24) is 10.2 Å². The molecular formula is C26H29FN2O5. The Balaban J connectivity index is 1.87. The van der Waals surface area contributed by atoms with Gasteiger partial charge in [-0.3, -0.25) is 9.59 Å². The Morgan fingerprint density at radius 2 is 1.85 bits per heavy atom. The second-order valence-electron chi connectivity index (χ2n) is 7.92. The first-order valence-corrected chi connectivity index (χ1v) is 11.2. The summed E-state index contributed by atoms with van der Waals surface area (Å²) in [6.07, 6.45) is -0.0492. The molecule has 1 atom stereocenters. The van der Waals surface area contributed by atoms with E-state index in [9.17, 15) is 18.8 Å². The van der Waals surface area contributed by atoms with Crippen LogP contribution in [0.3, 0.4) is 0 Å². The summed E-state index contributed by atoms with van der Waals surface area (Å²) in [6.45, 7) is 4.58. The lowest BCUT2D eigenvalue weighted by molar-refractivity contribution is -0.140. The molecular weight excluding hydrogens is 439 g/mol. The molecule has 0 aliphatic carbocycles. The molecule has 34 heavy (non-hydrogen) atoms. The normalized spacial score (nSPS) is 15.9. The number of allylic oxidation sites excluding steroid dienone is 1. The van der Waals surface area contributed by atoms with Crippen molar-refractivity contribution in [2.24, 2.45) is 0 Å². The van der Waals surface area contributed by atoms with E-state index in [2.05, 4.69) is 5.32 Å². The van der Waals surface area contributed by atoms with E-state index < -0.39 is 17.7 Å². The molecule has 1 unspecified atom stereocenters. The number of halogens is 1. The highest BCUT2D eigenvalue weighted by molar-refractivity contribution is 5.96. The minimum atomic E-state index is -0.720. The molecule has 1 aliphatic rings. The molecule has 0 radical (unpaired) electrons. The molecule has 0 aromatic heterocycles. The standard InChI is InChI=1S/C26H29FN2O5/c1-4-34-26(32)24-17(2)29(23(30)15-21(24)20-7-5-6-8-22(20)27)16-18-9-11-19(12-10-18)25(31)28-13-14-33-3/h5-12,21H,4,13-16H2,1-3H3,(H,28,31). The first kappa shape index (κ1) is 25.1. The van der Waals surface area contributed by atoms with Gasteiger partial charge in [0.1, 0.15) is 5.82 Å². The van der Waals surface area contributed by atoms with Gasteiger partial charge in [0.05, 0.1) is 25.3 Å². The van der Waals surface area contributed by atoms with Gasteiger partial charge in [0.25, 0.3) is 5.91 Å². The number of carbonyl (C=O) groups excluding carboxylic acids is 3. The highest BCUT2D eigenvalue weighted by atomic mass is 19.1. The molecule has 3 rings (SSSR count). The second-order valence-corrected chi connectivity index (χ2v) is 7.92. The average Bonchev–Trinajstić information content (AvgIpc) is 2.82. The van der Waals surface area contributed by atoms with Crippen LogP contribution in [0.1, 0.15) is 47.7 Å². The fourth-order valence-corrected chi connectivity index (χ4v) is 4.01. The minimum Gasteiger partial charge on any atom is -0.463 e. The van der Waals surface area contributed by atoms with Crippen LogP contribution in [-0.4, -0.2) is 49.6 Å². The van der Waals surface area contributed by atoms with Gasteiger partial charge in [0, 0.05) is 37.3 Å². The maximum Gasteiger partial charge on any atom is 0.336 e. The van der Waals surface area contributed by atoms with Gasteiger partial charge in [0.15, 0.2) is 0 Å². The predicted molar refractivity (Wildman–Crippen MR) is 124 cm³/mol. The van der Waals surface area contributed by atoms with Crippen molar-refractivity contribution in [3.8, 4) is 0 Å². The fourth-order valence-electron chi connectivity index (χ4n) is 4.01. The molecule has 2 aromatic rings. The van der Waals surface area contributed by atoms with E-state index in [1.54, 1.807) is 63.4 Å². The number of ether oxygens (including phenoxy) is 2. The summed E-state index contributed by atoms with van der Waals surface area (Å²) in [5.41, 5.74) is 2.28. The number of carbonyl (C=O) groups is 3. The Morgan fingerprint density at radius 3 is 2.50 bits per heavy atom. The average molecular weight is 469 g/mol. The lowest BCUT2D eigenvalue weighted by Gasteiger charge is -2.34. The smallest absolute Gasteiger partial charge is 0.336 e. The Bertz CT molecular complexity index is 1080. The number of hydrogen-bond acceptors (Lipinski definition) is 5. The maximum absolute atomic E-state index is 14.6. The van der Waals surface area contributed by atoms with Crippen molar-refractivity contribution in [1.29, 1.82) is 0 Å². The van der Waals surface area contributed by atoms with Crippen LogP contribution in [0.15, 0.2) is 59.8 Å². The molecule has 0 bridgehead atoms. The summed E-state index contributed by atoms with van der Waals surface area (Å²) in [7, 11) is 1.56. The van der Waals surface area contributed by atoms with Crippen LogP contribution >= 0.6 is 0 Å². The van der Waals surface area contributed by atoms with E-state index in [1.165, 1.54) is 11.0 Å². The number of nitrogens with zero attached hydrogens (tertiary/aromatic N) is 1. The van der Waals surface area contributed by atoms with Gasteiger partial charge in [-0.15, -0.1) is 0 Å². The van der Waals surface area contributed by atoms with Crippen LogP contribution in [0.25, 0.3) is 0 Å². The number of nitrogens with one attached hydrogen (secondary N) is 1. The van der Waals surface area contributed by atoms with Crippen LogP contribution < -0.4 is 5.32 Å². The van der Waals surface area contributed by atoms with Crippen molar-refractivity contribution < 1.29 is 28.2 Å². The molecule has 8 heteroatoms.